The predicted molar refractivity (Wildman–Crippen MR) is 124 cm³/mol. The van der Waals surface area contributed by atoms with Crippen LogP contribution < -0.4 is 0 Å². The minimum atomic E-state index is -4.22. The van der Waals surface area contributed by atoms with Crippen LogP contribution in [0, 0.1) is 17.8 Å². The average Bonchev–Trinajstić information content (AvgIpc) is 2.77. The van der Waals surface area contributed by atoms with Crippen molar-refractivity contribution in [1.29, 1.82) is 0 Å². The molecule has 1 unspecified atom stereocenters. The second-order valence-electron chi connectivity index (χ2n) is 10.5. The van der Waals surface area contributed by atoms with Crippen molar-refractivity contribution in [1.82, 2.24) is 0 Å². The summed E-state index contributed by atoms with van der Waals surface area (Å²) < 4.78 is 45.4. The topological polar surface area (TPSA) is 9.23 Å². The van der Waals surface area contributed by atoms with Gasteiger partial charge in [-0.1, -0.05) is 110 Å². The number of halogens is 3. The summed E-state index contributed by atoms with van der Waals surface area (Å²) in [7, 11) is 0. The van der Waals surface area contributed by atoms with Gasteiger partial charge in [-0.05, 0) is 43.4 Å². The highest BCUT2D eigenvalue weighted by Gasteiger charge is 2.40. The molecule has 0 bridgehead atoms. The molecule has 0 radical (unpaired) electrons. The fraction of sp³-hybridized carbons (Fsp3) is 1.00. The maximum absolute atomic E-state index is 13.4. The van der Waals surface area contributed by atoms with Crippen molar-refractivity contribution in [2.75, 3.05) is 6.61 Å². The first-order chi connectivity index (χ1) is 15.0. The standard InChI is InChI=1S/C27H49F3O/c1-2-3-4-5-6-7-8-12-22-31-26(27(28,29)30)17-13-14-23-18-20-25(21-19-23)24-15-10-9-11-16-24/h23-26H,2-22H2,1H3. The van der Waals surface area contributed by atoms with E-state index in [-0.39, 0.29) is 13.0 Å². The first kappa shape index (κ1) is 27.0. The zero-order valence-corrected chi connectivity index (χ0v) is 20.2. The van der Waals surface area contributed by atoms with E-state index in [4.69, 9.17) is 4.74 Å². The number of hydrogen-bond acceptors (Lipinski definition) is 1. The van der Waals surface area contributed by atoms with Gasteiger partial charge in [0, 0.05) is 6.61 Å². The Labute approximate surface area is 190 Å². The second kappa shape index (κ2) is 15.6. The molecular weight excluding hydrogens is 397 g/mol. The van der Waals surface area contributed by atoms with Crippen LogP contribution >= 0.6 is 0 Å². The highest BCUT2D eigenvalue weighted by molar-refractivity contribution is 4.80. The van der Waals surface area contributed by atoms with Crippen LogP contribution in [0.15, 0.2) is 0 Å². The molecule has 0 aromatic carbocycles. The largest absolute Gasteiger partial charge is 0.414 e. The van der Waals surface area contributed by atoms with Gasteiger partial charge < -0.3 is 4.74 Å². The molecule has 184 valence electrons. The zero-order chi connectivity index (χ0) is 22.4. The molecule has 0 aromatic heterocycles. The Kier molecular flexibility index (Phi) is 13.6. The molecule has 31 heavy (non-hydrogen) atoms. The fourth-order valence-electron chi connectivity index (χ4n) is 5.95. The first-order valence-corrected chi connectivity index (χ1v) is 13.7. The van der Waals surface area contributed by atoms with Crippen LogP contribution in [0.4, 0.5) is 13.2 Å². The molecular formula is C27H49F3O. The van der Waals surface area contributed by atoms with E-state index in [1.54, 1.807) is 0 Å². The van der Waals surface area contributed by atoms with Crippen LogP contribution in [0.1, 0.15) is 135 Å². The zero-order valence-electron chi connectivity index (χ0n) is 20.2. The van der Waals surface area contributed by atoms with Crippen LogP contribution in [0.5, 0.6) is 0 Å². The van der Waals surface area contributed by atoms with Gasteiger partial charge in [0.15, 0.2) is 6.10 Å². The lowest BCUT2D eigenvalue weighted by Crippen LogP contribution is -2.32. The molecule has 2 aliphatic carbocycles. The maximum atomic E-state index is 13.4. The maximum Gasteiger partial charge on any atom is 0.414 e. The molecule has 0 amide bonds. The summed E-state index contributed by atoms with van der Waals surface area (Å²) in [5, 5.41) is 0. The molecule has 0 aromatic rings. The van der Waals surface area contributed by atoms with E-state index in [9.17, 15) is 13.2 Å². The summed E-state index contributed by atoms with van der Waals surface area (Å²) >= 11 is 0. The Morgan fingerprint density at radius 2 is 1.29 bits per heavy atom. The number of hydrogen-bond donors (Lipinski definition) is 0. The van der Waals surface area contributed by atoms with Gasteiger partial charge in [-0.25, -0.2) is 0 Å². The highest BCUT2D eigenvalue weighted by Crippen LogP contribution is 2.41. The SMILES string of the molecule is CCCCCCCCCCOC(CCCC1CCC(C2CCCCC2)CC1)C(F)(F)F. The second-order valence-corrected chi connectivity index (χ2v) is 10.5. The van der Waals surface area contributed by atoms with E-state index in [2.05, 4.69) is 6.92 Å². The fourth-order valence-corrected chi connectivity index (χ4v) is 5.95. The van der Waals surface area contributed by atoms with E-state index in [1.165, 1.54) is 89.9 Å². The summed E-state index contributed by atoms with van der Waals surface area (Å²) in [6.45, 7) is 2.46. The third-order valence-electron chi connectivity index (χ3n) is 7.97. The van der Waals surface area contributed by atoms with Gasteiger partial charge in [0.05, 0.1) is 0 Å². The minimum absolute atomic E-state index is 0.142. The monoisotopic (exact) mass is 446 g/mol. The lowest BCUT2D eigenvalue weighted by molar-refractivity contribution is -0.222. The highest BCUT2D eigenvalue weighted by atomic mass is 19.4. The Balaban J connectivity index is 1.54. The number of alkyl halides is 3. The number of unbranched alkanes of at least 4 members (excludes halogenated alkanes) is 7. The van der Waals surface area contributed by atoms with Crippen LogP contribution in [0.3, 0.4) is 0 Å². The van der Waals surface area contributed by atoms with Gasteiger partial charge in [-0.2, -0.15) is 13.2 Å². The summed E-state index contributed by atoms with van der Waals surface area (Å²) in [4.78, 5) is 0. The van der Waals surface area contributed by atoms with Crippen molar-refractivity contribution >= 4 is 0 Å². The molecule has 1 atom stereocenters. The normalized spacial score (nSPS) is 24.4. The van der Waals surface area contributed by atoms with E-state index < -0.39 is 12.3 Å². The summed E-state index contributed by atoms with van der Waals surface area (Å²) in [6.07, 6.45) is 17.2. The Morgan fingerprint density at radius 1 is 0.710 bits per heavy atom. The van der Waals surface area contributed by atoms with Crippen LogP contribution in [-0.2, 0) is 4.74 Å². The molecule has 0 aliphatic heterocycles. The molecule has 1 nitrogen and oxygen atoms in total. The van der Waals surface area contributed by atoms with Gasteiger partial charge in [-0.15, -0.1) is 0 Å². The first-order valence-electron chi connectivity index (χ1n) is 13.7. The molecule has 2 fully saturated rings. The van der Waals surface area contributed by atoms with E-state index in [1.807, 2.05) is 0 Å². The summed E-state index contributed by atoms with van der Waals surface area (Å²) in [5.41, 5.74) is 0. The summed E-state index contributed by atoms with van der Waals surface area (Å²) in [5.74, 6) is 2.48. The molecule has 0 heterocycles. The molecule has 4 heteroatoms. The molecule has 2 rings (SSSR count). The third-order valence-corrected chi connectivity index (χ3v) is 7.97. The third kappa shape index (κ3) is 11.4. The van der Waals surface area contributed by atoms with E-state index in [0.29, 0.717) is 12.3 Å². The predicted octanol–water partition coefficient (Wildman–Crippen LogP) is 9.63. The van der Waals surface area contributed by atoms with Crippen molar-refractivity contribution in [3.05, 3.63) is 0 Å². The van der Waals surface area contributed by atoms with Crippen LogP contribution in [-0.4, -0.2) is 18.9 Å². The lowest BCUT2D eigenvalue weighted by atomic mass is 9.70. The number of ether oxygens (including phenoxy) is 1. The minimum Gasteiger partial charge on any atom is -0.369 e. The van der Waals surface area contributed by atoms with E-state index >= 15 is 0 Å². The van der Waals surface area contributed by atoms with E-state index in [0.717, 1.165) is 37.5 Å². The summed E-state index contributed by atoms with van der Waals surface area (Å²) in [6, 6.07) is 0. The van der Waals surface area contributed by atoms with Crippen molar-refractivity contribution < 1.29 is 17.9 Å². The van der Waals surface area contributed by atoms with Gasteiger partial charge >= 0.3 is 6.18 Å². The smallest absolute Gasteiger partial charge is 0.369 e. The van der Waals surface area contributed by atoms with Gasteiger partial charge in [0.1, 0.15) is 0 Å². The average molecular weight is 447 g/mol. The van der Waals surface area contributed by atoms with Crippen molar-refractivity contribution in [2.45, 2.75) is 148 Å². The van der Waals surface area contributed by atoms with Gasteiger partial charge in [-0.3, -0.25) is 0 Å². The van der Waals surface area contributed by atoms with Crippen LogP contribution in [0.2, 0.25) is 0 Å². The van der Waals surface area contributed by atoms with Gasteiger partial charge in [0.25, 0.3) is 0 Å². The lowest BCUT2D eigenvalue weighted by Gasteiger charge is -2.36. The van der Waals surface area contributed by atoms with Crippen molar-refractivity contribution in [2.24, 2.45) is 17.8 Å². The van der Waals surface area contributed by atoms with Crippen LogP contribution in [0.25, 0.3) is 0 Å². The molecule has 0 N–H and O–H groups in total. The molecule has 0 saturated heterocycles. The molecule has 0 spiro atoms. The quantitative estimate of drug-likeness (QED) is 0.227. The van der Waals surface area contributed by atoms with Crippen molar-refractivity contribution in [3.8, 4) is 0 Å². The molecule has 2 saturated carbocycles. The van der Waals surface area contributed by atoms with Gasteiger partial charge in [0.2, 0.25) is 0 Å². The Hall–Kier alpha value is -0.250. The number of rotatable bonds is 15. The molecule has 2 aliphatic rings. The van der Waals surface area contributed by atoms with Crippen molar-refractivity contribution in [3.63, 3.8) is 0 Å². The Bertz CT molecular complexity index is 423. The Morgan fingerprint density at radius 3 is 1.90 bits per heavy atom.